The first-order chi connectivity index (χ1) is 11.6. The number of hydrogen-bond acceptors (Lipinski definition) is 3. The normalized spacial score (nSPS) is 16.9. The Bertz CT molecular complexity index is 700. The number of carbonyl (C=O) groups excluding carboxylic acids is 1. The third-order valence-corrected chi connectivity index (χ3v) is 4.24. The monoisotopic (exact) mass is 325 g/mol. The summed E-state index contributed by atoms with van der Waals surface area (Å²) in [7, 11) is 1.76. The molecule has 0 aliphatic carbocycles. The first kappa shape index (κ1) is 16.3. The molecule has 0 bridgehead atoms. The van der Waals surface area contributed by atoms with E-state index in [1.165, 1.54) is 0 Å². The van der Waals surface area contributed by atoms with E-state index < -0.39 is 0 Å². The first-order valence-electron chi connectivity index (χ1n) is 8.16. The van der Waals surface area contributed by atoms with Gasteiger partial charge in [0.2, 0.25) is 0 Å². The van der Waals surface area contributed by atoms with Crippen LogP contribution in [0.1, 0.15) is 12.0 Å². The maximum atomic E-state index is 12.1. The summed E-state index contributed by atoms with van der Waals surface area (Å²) in [5, 5.41) is 5.69. The summed E-state index contributed by atoms with van der Waals surface area (Å²) in [6, 6.07) is 15.4. The highest BCUT2D eigenvalue weighted by atomic mass is 16.5. The van der Waals surface area contributed by atoms with Gasteiger partial charge in [0.25, 0.3) is 0 Å². The van der Waals surface area contributed by atoms with Gasteiger partial charge < -0.3 is 20.3 Å². The van der Waals surface area contributed by atoms with Crippen LogP contribution >= 0.6 is 0 Å². The van der Waals surface area contributed by atoms with Crippen LogP contribution in [0.5, 0.6) is 0 Å². The third-order valence-electron chi connectivity index (χ3n) is 4.24. The van der Waals surface area contributed by atoms with Crippen LogP contribution in [-0.2, 0) is 4.74 Å². The molecule has 1 atom stereocenters. The van der Waals surface area contributed by atoms with Gasteiger partial charge in [0.05, 0.1) is 6.10 Å². The Hall–Kier alpha value is -2.53. The van der Waals surface area contributed by atoms with Crippen LogP contribution < -0.4 is 15.5 Å². The molecule has 2 aromatic rings. The molecule has 1 fully saturated rings. The van der Waals surface area contributed by atoms with Crippen LogP contribution in [0.15, 0.2) is 48.5 Å². The summed E-state index contributed by atoms with van der Waals surface area (Å²) in [5.41, 5.74) is 3.81. The van der Waals surface area contributed by atoms with Gasteiger partial charge in [-0.25, -0.2) is 4.79 Å². The molecule has 1 heterocycles. The van der Waals surface area contributed by atoms with Crippen molar-refractivity contribution in [3.05, 3.63) is 54.1 Å². The molecule has 1 aliphatic rings. The topological polar surface area (TPSA) is 53.6 Å². The van der Waals surface area contributed by atoms with E-state index in [-0.39, 0.29) is 6.03 Å². The maximum Gasteiger partial charge on any atom is 0.323 e. The van der Waals surface area contributed by atoms with Crippen molar-refractivity contribution in [2.45, 2.75) is 19.4 Å². The maximum absolute atomic E-state index is 12.1. The second-order valence-corrected chi connectivity index (χ2v) is 6.09. The van der Waals surface area contributed by atoms with E-state index in [2.05, 4.69) is 15.5 Å². The summed E-state index contributed by atoms with van der Waals surface area (Å²) in [5.74, 6) is 0. The largest absolute Gasteiger partial charge is 0.380 e. The highest BCUT2D eigenvalue weighted by Gasteiger charge is 2.22. The van der Waals surface area contributed by atoms with Gasteiger partial charge in [-0.2, -0.15) is 0 Å². The summed E-state index contributed by atoms with van der Waals surface area (Å²) in [4.78, 5) is 14.4. The Balaban J connectivity index is 1.57. The lowest BCUT2D eigenvalue weighted by atomic mass is 10.2. The van der Waals surface area contributed by atoms with E-state index in [0.717, 1.165) is 42.1 Å². The number of ether oxygens (including phenoxy) is 1. The zero-order valence-electron chi connectivity index (χ0n) is 14.1. The predicted molar refractivity (Wildman–Crippen MR) is 97.9 cm³/mol. The fourth-order valence-electron chi connectivity index (χ4n) is 2.93. The van der Waals surface area contributed by atoms with E-state index in [4.69, 9.17) is 4.74 Å². The van der Waals surface area contributed by atoms with Crippen molar-refractivity contribution in [2.24, 2.45) is 0 Å². The minimum Gasteiger partial charge on any atom is -0.380 e. The summed E-state index contributed by atoms with van der Waals surface area (Å²) in [6.07, 6.45) is 1.36. The van der Waals surface area contributed by atoms with E-state index in [0.29, 0.717) is 6.10 Å². The Labute approximate surface area is 142 Å². The van der Waals surface area contributed by atoms with Crippen molar-refractivity contribution >= 4 is 23.1 Å². The van der Waals surface area contributed by atoms with Crippen molar-refractivity contribution in [1.29, 1.82) is 0 Å². The molecular weight excluding hydrogens is 302 g/mol. The molecule has 0 saturated carbocycles. The zero-order valence-corrected chi connectivity index (χ0v) is 14.1. The van der Waals surface area contributed by atoms with Gasteiger partial charge in [0, 0.05) is 37.3 Å². The number of anilines is 3. The van der Waals surface area contributed by atoms with Crippen LogP contribution in [-0.4, -0.2) is 32.3 Å². The van der Waals surface area contributed by atoms with E-state index in [1.54, 1.807) is 7.11 Å². The zero-order chi connectivity index (χ0) is 16.9. The summed E-state index contributed by atoms with van der Waals surface area (Å²) < 4.78 is 5.40. The second-order valence-electron chi connectivity index (χ2n) is 6.09. The van der Waals surface area contributed by atoms with Gasteiger partial charge >= 0.3 is 6.03 Å². The van der Waals surface area contributed by atoms with Crippen LogP contribution in [0.2, 0.25) is 0 Å². The minimum absolute atomic E-state index is 0.242. The smallest absolute Gasteiger partial charge is 0.323 e. The molecule has 5 heteroatoms. The van der Waals surface area contributed by atoms with Crippen molar-refractivity contribution < 1.29 is 9.53 Å². The number of benzene rings is 2. The lowest BCUT2D eigenvalue weighted by Gasteiger charge is -2.18. The van der Waals surface area contributed by atoms with Crippen molar-refractivity contribution in [3.63, 3.8) is 0 Å². The molecular formula is C19H23N3O2. The average Bonchev–Trinajstić information content (AvgIpc) is 3.04. The van der Waals surface area contributed by atoms with E-state index in [9.17, 15) is 4.79 Å². The highest BCUT2D eigenvalue weighted by molar-refractivity contribution is 5.99. The number of rotatable bonds is 4. The highest BCUT2D eigenvalue weighted by Crippen LogP contribution is 2.23. The van der Waals surface area contributed by atoms with Crippen molar-refractivity contribution in [1.82, 2.24) is 0 Å². The molecule has 2 aromatic carbocycles. The molecule has 2 N–H and O–H groups in total. The standard InChI is InChI=1S/C19H23N3O2/c1-14-4-3-5-16(12-14)21-19(23)20-15-6-8-17(9-7-15)22-11-10-18(13-22)24-2/h3-9,12,18H,10-11,13H2,1-2H3,(H2,20,21,23)/t18-/m1/s1. The Morgan fingerprint density at radius 3 is 2.54 bits per heavy atom. The molecule has 0 aromatic heterocycles. The molecule has 24 heavy (non-hydrogen) atoms. The number of urea groups is 1. The van der Waals surface area contributed by atoms with Crippen LogP contribution in [0.4, 0.5) is 21.9 Å². The fraction of sp³-hybridized carbons (Fsp3) is 0.316. The predicted octanol–water partition coefficient (Wildman–Crippen LogP) is 3.86. The van der Waals surface area contributed by atoms with Crippen LogP contribution in [0.3, 0.4) is 0 Å². The van der Waals surface area contributed by atoms with Gasteiger partial charge in [-0.15, -0.1) is 0 Å². The molecule has 1 aliphatic heterocycles. The van der Waals surface area contributed by atoms with Gasteiger partial charge in [0.15, 0.2) is 0 Å². The Morgan fingerprint density at radius 1 is 1.12 bits per heavy atom. The summed E-state index contributed by atoms with van der Waals surface area (Å²) >= 11 is 0. The molecule has 3 rings (SSSR count). The number of methoxy groups -OCH3 is 1. The lowest BCUT2D eigenvalue weighted by molar-refractivity contribution is 0.121. The SMILES string of the molecule is CO[C@@H]1CCN(c2ccc(NC(=O)Nc3cccc(C)c3)cc2)C1. The van der Waals surface area contributed by atoms with Crippen molar-refractivity contribution in [3.8, 4) is 0 Å². The number of carbonyl (C=O) groups is 1. The van der Waals surface area contributed by atoms with Gasteiger partial charge in [-0.05, 0) is 55.3 Å². The van der Waals surface area contributed by atoms with Crippen LogP contribution in [0.25, 0.3) is 0 Å². The molecule has 1 saturated heterocycles. The molecule has 0 spiro atoms. The lowest BCUT2D eigenvalue weighted by Crippen LogP contribution is -2.22. The van der Waals surface area contributed by atoms with E-state index in [1.807, 2.05) is 55.5 Å². The average molecular weight is 325 g/mol. The Kier molecular flexibility index (Phi) is 5.01. The molecule has 5 nitrogen and oxygen atoms in total. The Morgan fingerprint density at radius 2 is 1.88 bits per heavy atom. The number of aryl methyl sites for hydroxylation is 1. The van der Waals surface area contributed by atoms with E-state index >= 15 is 0 Å². The fourth-order valence-corrected chi connectivity index (χ4v) is 2.93. The molecule has 126 valence electrons. The number of nitrogens with zero attached hydrogens (tertiary/aromatic N) is 1. The number of amides is 2. The van der Waals surface area contributed by atoms with Gasteiger partial charge in [0.1, 0.15) is 0 Å². The first-order valence-corrected chi connectivity index (χ1v) is 8.16. The van der Waals surface area contributed by atoms with Crippen LogP contribution in [0, 0.1) is 6.92 Å². The molecule has 0 radical (unpaired) electrons. The third kappa shape index (κ3) is 4.06. The minimum atomic E-state index is -0.242. The molecule has 2 amide bonds. The van der Waals surface area contributed by atoms with Crippen molar-refractivity contribution in [2.75, 3.05) is 35.7 Å². The number of hydrogen-bond donors (Lipinski definition) is 2. The molecule has 0 unspecified atom stereocenters. The quantitative estimate of drug-likeness (QED) is 0.897. The second kappa shape index (κ2) is 7.36. The van der Waals surface area contributed by atoms with Gasteiger partial charge in [-0.3, -0.25) is 0 Å². The van der Waals surface area contributed by atoms with Gasteiger partial charge in [-0.1, -0.05) is 12.1 Å². The summed E-state index contributed by atoms with van der Waals surface area (Å²) in [6.45, 7) is 3.91. The number of nitrogens with one attached hydrogen (secondary N) is 2.